The molecule has 0 N–H and O–H groups in total. The molecule has 0 saturated heterocycles. The number of hydrogen-bond acceptors (Lipinski definition) is 0. The lowest BCUT2D eigenvalue weighted by atomic mass is 9.62. The van der Waals surface area contributed by atoms with Crippen molar-refractivity contribution in [3.05, 3.63) is 35.9 Å². The molecule has 94 valence electrons. The van der Waals surface area contributed by atoms with Crippen LogP contribution in [-0.2, 0) is 5.41 Å². The maximum absolute atomic E-state index is 3.67. The number of hydrogen-bond donors (Lipinski definition) is 0. The zero-order valence-electron chi connectivity index (χ0n) is 11.1. The lowest BCUT2D eigenvalue weighted by Gasteiger charge is -2.41. The predicted molar refractivity (Wildman–Crippen MR) is 76.3 cm³/mol. The Bertz CT molecular complexity index is 442. The minimum absolute atomic E-state index is 0.180. The molecule has 1 fully saturated rings. The summed E-state index contributed by atoms with van der Waals surface area (Å²) in [6.45, 7) is 0. The molecule has 0 aromatic heterocycles. The second-order valence-electron chi connectivity index (χ2n) is 5.83. The Morgan fingerprint density at radius 1 is 0.944 bits per heavy atom. The maximum Gasteiger partial charge on any atom is 0.0591 e. The first kappa shape index (κ1) is 11.8. The largest absolute Gasteiger partial charge is 0.102 e. The van der Waals surface area contributed by atoms with E-state index in [-0.39, 0.29) is 5.41 Å². The molecular weight excluding hydrogens is 216 g/mol. The molecule has 0 nitrogen and oxygen atoms in total. The van der Waals surface area contributed by atoms with E-state index in [0.717, 1.165) is 12.3 Å². The van der Waals surface area contributed by atoms with Crippen LogP contribution in [0.4, 0.5) is 0 Å². The zero-order chi connectivity index (χ0) is 12.3. The fraction of sp³-hybridized carbons (Fsp3) is 0.556. The average molecular weight is 238 g/mol. The monoisotopic (exact) mass is 238 g/mol. The van der Waals surface area contributed by atoms with E-state index >= 15 is 0 Å². The van der Waals surface area contributed by atoms with Crippen LogP contribution < -0.4 is 0 Å². The molecule has 0 aliphatic heterocycles. The third-order valence-electron chi connectivity index (χ3n) is 4.78. The summed E-state index contributed by atoms with van der Waals surface area (Å²) in [7, 11) is 0. The van der Waals surface area contributed by atoms with Gasteiger partial charge in [0.2, 0.25) is 0 Å². The Kier molecular flexibility index (Phi) is 3.41. The van der Waals surface area contributed by atoms with E-state index in [0.29, 0.717) is 0 Å². The van der Waals surface area contributed by atoms with Crippen molar-refractivity contribution < 1.29 is 0 Å². The highest BCUT2D eigenvalue weighted by Crippen LogP contribution is 2.45. The fourth-order valence-corrected chi connectivity index (χ4v) is 3.83. The Morgan fingerprint density at radius 3 is 2.39 bits per heavy atom. The molecule has 2 aliphatic carbocycles. The van der Waals surface area contributed by atoms with Gasteiger partial charge in [0.05, 0.1) is 5.41 Å². The van der Waals surface area contributed by atoms with Crippen molar-refractivity contribution >= 4 is 0 Å². The summed E-state index contributed by atoms with van der Waals surface area (Å²) >= 11 is 0. The molecule has 0 radical (unpaired) electrons. The van der Waals surface area contributed by atoms with E-state index in [4.69, 9.17) is 0 Å². The first-order valence-electron chi connectivity index (χ1n) is 7.47. The Morgan fingerprint density at radius 2 is 1.72 bits per heavy atom. The molecule has 18 heavy (non-hydrogen) atoms. The van der Waals surface area contributed by atoms with E-state index in [9.17, 15) is 0 Å². The van der Waals surface area contributed by atoms with E-state index < -0.39 is 0 Å². The lowest BCUT2D eigenvalue weighted by molar-refractivity contribution is 0.235. The molecule has 1 saturated carbocycles. The van der Waals surface area contributed by atoms with E-state index in [1.165, 1.54) is 50.5 Å². The highest BCUT2D eigenvalue weighted by atomic mass is 14.4. The average Bonchev–Trinajstić information content (AvgIpc) is 2.50. The van der Waals surface area contributed by atoms with Gasteiger partial charge in [0.25, 0.3) is 0 Å². The van der Waals surface area contributed by atoms with Gasteiger partial charge in [-0.2, -0.15) is 0 Å². The summed E-state index contributed by atoms with van der Waals surface area (Å²) in [5.41, 5.74) is 1.66. The SMILES string of the molecule is C1#CC(c2ccccc2)(C2CCCCC2)CCC1. The van der Waals surface area contributed by atoms with Gasteiger partial charge in [-0.25, -0.2) is 0 Å². The van der Waals surface area contributed by atoms with Crippen LogP contribution in [0.5, 0.6) is 0 Å². The number of rotatable bonds is 2. The van der Waals surface area contributed by atoms with Crippen LogP contribution in [0.1, 0.15) is 56.9 Å². The highest BCUT2D eigenvalue weighted by Gasteiger charge is 2.39. The van der Waals surface area contributed by atoms with Crippen LogP contribution in [-0.4, -0.2) is 0 Å². The summed E-state index contributed by atoms with van der Waals surface area (Å²) in [6.07, 6.45) is 10.6. The minimum atomic E-state index is 0.180. The zero-order valence-corrected chi connectivity index (χ0v) is 11.1. The quantitative estimate of drug-likeness (QED) is 0.656. The molecular formula is C18H22. The van der Waals surface area contributed by atoms with Crippen molar-refractivity contribution in [2.24, 2.45) is 5.92 Å². The molecule has 1 atom stereocenters. The van der Waals surface area contributed by atoms with Gasteiger partial charge in [-0.1, -0.05) is 55.5 Å². The normalized spacial score (nSPS) is 28.4. The van der Waals surface area contributed by atoms with Gasteiger partial charge >= 0.3 is 0 Å². The molecule has 0 amide bonds. The number of benzene rings is 1. The molecule has 1 aromatic rings. The predicted octanol–water partition coefficient (Wildman–Crippen LogP) is 4.69. The van der Waals surface area contributed by atoms with Gasteiger partial charge in [0, 0.05) is 6.42 Å². The van der Waals surface area contributed by atoms with Gasteiger partial charge in [0.15, 0.2) is 0 Å². The highest BCUT2D eigenvalue weighted by molar-refractivity contribution is 5.38. The van der Waals surface area contributed by atoms with Crippen molar-refractivity contribution in [1.82, 2.24) is 0 Å². The van der Waals surface area contributed by atoms with Gasteiger partial charge in [0.1, 0.15) is 0 Å². The Balaban J connectivity index is 1.99. The summed E-state index contributed by atoms with van der Waals surface area (Å²) in [5.74, 6) is 7.88. The first-order chi connectivity index (χ1) is 8.92. The van der Waals surface area contributed by atoms with Gasteiger partial charge in [-0.3, -0.25) is 0 Å². The maximum atomic E-state index is 3.67. The van der Waals surface area contributed by atoms with Crippen molar-refractivity contribution in [3.8, 4) is 11.8 Å². The Hall–Kier alpha value is -1.22. The summed E-state index contributed by atoms with van der Waals surface area (Å²) in [5, 5.41) is 0. The van der Waals surface area contributed by atoms with E-state index in [1.807, 2.05) is 0 Å². The van der Waals surface area contributed by atoms with E-state index in [1.54, 1.807) is 0 Å². The van der Waals surface area contributed by atoms with Crippen LogP contribution >= 0.6 is 0 Å². The lowest BCUT2D eigenvalue weighted by Crippen LogP contribution is -2.36. The van der Waals surface area contributed by atoms with Crippen molar-refractivity contribution in [3.63, 3.8) is 0 Å². The molecule has 3 rings (SSSR count). The second-order valence-corrected chi connectivity index (χ2v) is 5.83. The molecule has 0 bridgehead atoms. The third kappa shape index (κ3) is 2.07. The second kappa shape index (κ2) is 5.19. The molecule has 2 aliphatic rings. The smallest absolute Gasteiger partial charge is 0.0591 e. The molecule has 1 unspecified atom stereocenters. The van der Waals surface area contributed by atoms with Crippen LogP contribution in [0.25, 0.3) is 0 Å². The van der Waals surface area contributed by atoms with Crippen molar-refractivity contribution in [2.45, 2.75) is 56.8 Å². The standard InChI is InChI=1S/C18H22/c1-4-10-16(11-5-1)18(14-8-3-9-15-18)17-12-6-2-7-13-17/h1,4-5,10-11,17H,2-3,6-8,12-14H2. The van der Waals surface area contributed by atoms with Gasteiger partial charge < -0.3 is 0 Å². The summed E-state index contributed by atoms with van der Waals surface area (Å²) in [6, 6.07) is 11.1. The Labute approximate surface area is 111 Å². The van der Waals surface area contributed by atoms with Crippen LogP contribution in [0.3, 0.4) is 0 Å². The van der Waals surface area contributed by atoms with Gasteiger partial charge in [-0.15, -0.1) is 5.92 Å². The molecule has 0 heterocycles. The van der Waals surface area contributed by atoms with Crippen molar-refractivity contribution in [1.29, 1.82) is 0 Å². The molecule has 0 spiro atoms. The van der Waals surface area contributed by atoms with Crippen LogP contribution in [0, 0.1) is 17.8 Å². The van der Waals surface area contributed by atoms with Crippen LogP contribution in [0.15, 0.2) is 30.3 Å². The van der Waals surface area contributed by atoms with E-state index in [2.05, 4.69) is 42.2 Å². The first-order valence-corrected chi connectivity index (χ1v) is 7.47. The molecule has 0 heteroatoms. The third-order valence-corrected chi connectivity index (χ3v) is 4.78. The summed E-state index contributed by atoms with van der Waals surface area (Å²) < 4.78 is 0. The van der Waals surface area contributed by atoms with Crippen LogP contribution in [0.2, 0.25) is 0 Å². The minimum Gasteiger partial charge on any atom is -0.102 e. The fourth-order valence-electron chi connectivity index (χ4n) is 3.83. The van der Waals surface area contributed by atoms with Crippen molar-refractivity contribution in [2.75, 3.05) is 0 Å². The summed E-state index contributed by atoms with van der Waals surface area (Å²) in [4.78, 5) is 0. The topological polar surface area (TPSA) is 0 Å². The van der Waals surface area contributed by atoms with Gasteiger partial charge in [-0.05, 0) is 37.2 Å². The molecule has 1 aromatic carbocycles.